The fourth-order valence-corrected chi connectivity index (χ4v) is 2.85. The molecule has 0 amide bonds. The average molecular weight is 282 g/mol. The van der Waals surface area contributed by atoms with Crippen LogP contribution in [0.15, 0.2) is 36.7 Å². The van der Waals surface area contributed by atoms with Crippen LogP contribution >= 0.6 is 0 Å². The first-order valence-corrected chi connectivity index (χ1v) is 7.77. The zero-order valence-corrected chi connectivity index (χ0v) is 12.7. The summed E-state index contributed by atoms with van der Waals surface area (Å²) < 4.78 is 5.77. The van der Waals surface area contributed by atoms with Gasteiger partial charge in [-0.3, -0.25) is 0 Å². The highest BCUT2D eigenvalue weighted by molar-refractivity contribution is 5.30. The van der Waals surface area contributed by atoms with Crippen LogP contribution in [0.2, 0.25) is 0 Å². The predicted octanol–water partition coefficient (Wildman–Crippen LogP) is 4.87. The van der Waals surface area contributed by atoms with E-state index in [2.05, 4.69) is 23.8 Å². The number of rotatable bonds is 3. The van der Waals surface area contributed by atoms with Gasteiger partial charge in [-0.15, -0.1) is 0 Å². The molecule has 0 radical (unpaired) electrons. The van der Waals surface area contributed by atoms with E-state index in [1.807, 2.05) is 24.3 Å². The summed E-state index contributed by atoms with van der Waals surface area (Å²) in [5, 5.41) is 0. The smallest absolute Gasteiger partial charge is 0.164 e. The van der Waals surface area contributed by atoms with Gasteiger partial charge in [-0.05, 0) is 37.8 Å². The monoisotopic (exact) mass is 282 g/mol. The molecular formula is C18H22N2O. The molecule has 0 N–H and O–H groups in total. The summed E-state index contributed by atoms with van der Waals surface area (Å²) in [7, 11) is 0. The summed E-state index contributed by atoms with van der Waals surface area (Å²) in [6.45, 7) is 4.39. The van der Waals surface area contributed by atoms with Gasteiger partial charge in [0.25, 0.3) is 0 Å². The first-order chi connectivity index (χ1) is 10.2. The van der Waals surface area contributed by atoms with Crippen molar-refractivity contribution in [3.63, 3.8) is 0 Å². The van der Waals surface area contributed by atoms with Crippen molar-refractivity contribution in [2.45, 2.75) is 45.4 Å². The Hall–Kier alpha value is -1.90. The fraction of sp³-hybridized carbons (Fsp3) is 0.444. The number of aryl methyl sites for hydroxylation is 1. The van der Waals surface area contributed by atoms with Crippen molar-refractivity contribution in [1.82, 2.24) is 9.97 Å². The molecule has 0 saturated heterocycles. The third-order valence-corrected chi connectivity index (χ3v) is 4.29. The Balaban J connectivity index is 1.65. The summed E-state index contributed by atoms with van der Waals surface area (Å²) in [6, 6.07) is 8.00. The van der Waals surface area contributed by atoms with E-state index in [0.717, 1.165) is 17.5 Å². The standard InChI is InChI=1S/C18H22N2O/c1-13-3-7-15(8-4-13)18-19-11-17(12-20-18)21-16-9-5-14(2)6-10-16/h5-6,9-13,15H,3-4,7-8H2,1-2H3. The van der Waals surface area contributed by atoms with E-state index in [-0.39, 0.29) is 0 Å². The number of hydrogen-bond acceptors (Lipinski definition) is 3. The SMILES string of the molecule is Cc1ccc(Oc2cnc(C3CCC(C)CC3)nc2)cc1. The fourth-order valence-electron chi connectivity index (χ4n) is 2.85. The molecule has 21 heavy (non-hydrogen) atoms. The van der Waals surface area contributed by atoms with E-state index in [1.54, 1.807) is 12.4 Å². The molecule has 110 valence electrons. The van der Waals surface area contributed by atoms with Crippen molar-refractivity contribution in [2.24, 2.45) is 5.92 Å². The highest BCUT2D eigenvalue weighted by Crippen LogP contribution is 2.34. The summed E-state index contributed by atoms with van der Waals surface area (Å²) in [5.41, 5.74) is 1.22. The van der Waals surface area contributed by atoms with Crippen molar-refractivity contribution in [1.29, 1.82) is 0 Å². The zero-order valence-electron chi connectivity index (χ0n) is 12.7. The Morgan fingerprint density at radius 3 is 2.14 bits per heavy atom. The van der Waals surface area contributed by atoms with Crippen LogP contribution in [-0.4, -0.2) is 9.97 Å². The minimum atomic E-state index is 0.523. The molecule has 3 nitrogen and oxygen atoms in total. The molecule has 1 saturated carbocycles. The van der Waals surface area contributed by atoms with Crippen LogP contribution in [0, 0.1) is 12.8 Å². The lowest BCUT2D eigenvalue weighted by molar-refractivity contribution is 0.339. The van der Waals surface area contributed by atoms with Crippen LogP contribution in [0.4, 0.5) is 0 Å². The van der Waals surface area contributed by atoms with Gasteiger partial charge in [0.15, 0.2) is 5.75 Å². The van der Waals surface area contributed by atoms with Crippen LogP contribution in [0.25, 0.3) is 0 Å². The molecule has 0 unspecified atom stereocenters. The molecule has 0 bridgehead atoms. The Morgan fingerprint density at radius 2 is 1.52 bits per heavy atom. The number of aromatic nitrogens is 2. The normalized spacial score (nSPS) is 22.0. The number of benzene rings is 1. The lowest BCUT2D eigenvalue weighted by Crippen LogP contribution is -2.13. The lowest BCUT2D eigenvalue weighted by Gasteiger charge is -2.24. The van der Waals surface area contributed by atoms with Crippen LogP contribution in [0.3, 0.4) is 0 Å². The second kappa shape index (κ2) is 6.25. The predicted molar refractivity (Wildman–Crippen MR) is 83.7 cm³/mol. The van der Waals surface area contributed by atoms with Crippen molar-refractivity contribution >= 4 is 0 Å². The molecule has 1 fully saturated rings. The quantitative estimate of drug-likeness (QED) is 0.805. The zero-order chi connectivity index (χ0) is 14.7. The Bertz CT molecular complexity index is 569. The molecular weight excluding hydrogens is 260 g/mol. The van der Waals surface area contributed by atoms with Gasteiger partial charge in [-0.1, -0.05) is 37.5 Å². The van der Waals surface area contributed by atoms with Gasteiger partial charge in [0.2, 0.25) is 0 Å². The third kappa shape index (κ3) is 3.60. The summed E-state index contributed by atoms with van der Waals surface area (Å²) in [5.74, 6) is 3.87. The van der Waals surface area contributed by atoms with E-state index >= 15 is 0 Å². The minimum absolute atomic E-state index is 0.523. The average Bonchev–Trinajstić information content (AvgIpc) is 2.51. The number of hydrogen-bond donors (Lipinski definition) is 0. The Labute approximate surface area is 126 Å². The van der Waals surface area contributed by atoms with Gasteiger partial charge < -0.3 is 4.74 Å². The minimum Gasteiger partial charge on any atom is -0.454 e. The molecule has 3 heteroatoms. The van der Waals surface area contributed by atoms with Crippen molar-refractivity contribution in [3.8, 4) is 11.5 Å². The van der Waals surface area contributed by atoms with Gasteiger partial charge >= 0.3 is 0 Å². The molecule has 3 rings (SSSR count). The first-order valence-electron chi connectivity index (χ1n) is 7.77. The van der Waals surface area contributed by atoms with E-state index in [9.17, 15) is 0 Å². The lowest BCUT2D eigenvalue weighted by atomic mass is 9.82. The van der Waals surface area contributed by atoms with Crippen LogP contribution in [0.1, 0.15) is 49.9 Å². The Morgan fingerprint density at radius 1 is 0.905 bits per heavy atom. The Kier molecular flexibility index (Phi) is 4.18. The van der Waals surface area contributed by atoms with Gasteiger partial charge in [0, 0.05) is 5.92 Å². The van der Waals surface area contributed by atoms with Crippen molar-refractivity contribution in [2.75, 3.05) is 0 Å². The van der Waals surface area contributed by atoms with Gasteiger partial charge in [-0.25, -0.2) is 9.97 Å². The third-order valence-electron chi connectivity index (χ3n) is 4.29. The van der Waals surface area contributed by atoms with Crippen LogP contribution in [0.5, 0.6) is 11.5 Å². The van der Waals surface area contributed by atoms with E-state index in [4.69, 9.17) is 4.74 Å². The highest BCUT2D eigenvalue weighted by Gasteiger charge is 2.21. The molecule has 0 atom stereocenters. The van der Waals surface area contributed by atoms with E-state index in [1.165, 1.54) is 31.2 Å². The van der Waals surface area contributed by atoms with Gasteiger partial charge in [0.05, 0.1) is 12.4 Å². The first kappa shape index (κ1) is 14.1. The van der Waals surface area contributed by atoms with E-state index < -0.39 is 0 Å². The summed E-state index contributed by atoms with van der Waals surface area (Å²) >= 11 is 0. The maximum Gasteiger partial charge on any atom is 0.164 e. The molecule has 0 spiro atoms. The molecule has 1 aliphatic rings. The van der Waals surface area contributed by atoms with Crippen LogP contribution < -0.4 is 4.74 Å². The van der Waals surface area contributed by atoms with Crippen LogP contribution in [-0.2, 0) is 0 Å². The maximum absolute atomic E-state index is 5.77. The molecule has 1 heterocycles. The topological polar surface area (TPSA) is 35.0 Å². The van der Waals surface area contributed by atoms with E-state index in [0.29, 0.717) is 11.7 Å². The second-order valence-electron chi connectivity index (χ2n) is 6.15. The largest absolute Gasteiger partial charge is 0.454 e. The highest BCUT2D eigenvalue weighted by atomic mass is 16.5. The second-order valence-corrected chi connectivity index (χ2v) is 6.15. The van der Waals surface area contributed by atoms with Gasteiger partial charge in [-0.2, -0.15) is 0 Å². The van der Waals surface area contributed by atoms with Crippen molar-refractivity contribution in [3.05, 3.63) is 48.0 Å². The van der Waals surface area contributed by atoms with Gasteiger partial charge in [0.1, 0.15) is 11.6 Å². The van der Waals surface area contributed by atoms with Crippen molar-refractivity contribution < 1.29 is 4.74 Å². The molecule has 0 aliphatic heterocycles. The number of nitrogens with zero attached hydrogens (tertiary/aromatic N) is 2. The number of ether oxygens (including phenoxy) is 1. The summed E-state index contributed by atoms with van der Waals surface area (Å²) in [6.07, 6.45) is 8.57. The molecule has 1 aliphatic carbocycles. The molecule has 1 aromatic carbocycles. The molecule has 2 aromatic rings. The maximum atomic E-state index is 5.77. The molecule has 1 aromatic heterocycles. The summed E-state index contributed by atoms with van der Waals surface area (Å²) in [4.78, 5) is 9.01.